The van der Waals surface area contributed by atoms with E-state index < -0.39 is 0 Å². The fourth-order valence-electron chi connectivity index (χ4n) is 0. The van der Waals surface area contributed by atoms with E-state index in [1.165, 1.54) is 0 Å². The molecule has 140 valence electrons. The van der Waals surface area contributed by atoms with Crippen molar-refractivity contribution in [2.24, 2.45) is 0 Å². The predicted molar refractivity (Wildman–Crippen MR) is 69.4 cm³/mol. The molecule has 10 heteroatoms. The molecule has 0 aliphatic carbocycles. The summed E-state index contributed by atoms with van der Waals surface area (Å²) in [6.45, 7) is 13.8. The number of aliphatic hydroxyl groups excluding tert-OH is 4. The van der Waals surface area contributed by atoms with Gasteiger partial charge in [-0.05, 0) is 55.4 Å². The summed E-state index contributed by atoms with van der Waals surface area (Å²) in [5, 5.41) is 32.2. The van der Waals surface area contributed by atoms with Crippen molar-refractivity contribution >= 4 is 0 Å². The Labute approximate surface area is 196 Å². The van der Waals surface area contributed by atoms with Crippen LogP contribution in [-0.2, 0) is 47.9 Å². The van der Waals surface area contributed by atoms with Gasteiger partial charge in [-0.3, -0.25) is 0 Å². The molecule has 0 rings (SSSR count). The SMILES string of the molecule is CC(C)O.CC(C)O.CC(C)O.CC(C)O.[Cl-].[Cl-].[Cl-].[Cl-].[Ti].[Zr+4]. The van der Waals surface area contributed by atoms with Crippen LogP contribution in [0.25, 0.3) is 0 Å². The largest absolute Gasteiger partial charge is 4.00 e. The molecule has 0 unspecified atom stereocenters. The fourth-order valence-corrected chi connectivity index (χ4v) is 0. The van der Waals surface area contributed by atoms with Crippen LogP contribution in [0.5, 0.6) is 0 Å². The summed E-state index contributed by atoms with van der Waals surface area (Å²) in [5.74, 6) is 0. The first-order chi connectivity index (χ1) is 6.93. The Morgan fingerprint density at radius 1 is 0.409 bits per heavy atom. The van der Waals surface area contributed by atoms with Crippen LogP contribution in [0.2, 0.25) is 0 Å². The first kappa shape index (κ1) is 64.3. The van der Waals surface area contributed by atoms with Crippen molar-refractivity contribution < 1.29 is 118 Å². The molecule has 0 aromatic rings. The third kappa shape index (κ3) is 1560. The van der Waals surface area contributed by atoms with Crippen molar-refractivity contribution in [1.82, 2.24) is 0 Å². The fraction of sp³-hybridized carbons (Fsp3) is 1.00. The monoisotopic (exact) mass is 518 g/mol. The van der Waals surface area contributed by atoms with Crippen LogP contribution < -0.4 is 49.6 Å². The van der Waals surface area contributed by atoms with Crippen molar-refractivity contribution in [2.45, 2.75) is 79.8 Å². The van der Waals surface area contributed by atoms with E-state index in [9.17, 15) is 0 Å². The molecule has 0 bridgehead atoms. The third-order valence-electron chi connectivity index (χ3n) is 0. The normalized spacial score (nSPS) is 6.55. The molecule has 0 atom stereocenters. The molecule has 0 aliphatic rings. The molecule has 0 saturated heterocycles. The van der Waals surface area contributed by atoms with Crippen LogP contribution in [-0.4, -0.2) is 44.8 Å². The standard InChI is InChI=1S/4C3H8O.4ClH.Ti.Zr/c4*1-3(2)4;;;;;;/h4*3-4H,1-2H3;4*1H;;/q;;;;;;;;;+4/p-4. The molecule has 0 amide bonds. The van der Waals surface area contributed by atoms with Gasteiger partial charge in [0.15, 0.2) is 0 Å². The second-order valence-corrected chi connectivity index (χ2v) is 4.37. The minimum atomic E-state index is -0.167. The molecule has 4 N–H and O–H groups in total. The Morgan fingerprint density at radius 2 is 0.409 bits per heavy atom. The Bertz CT molecular complexity index is 82.1. The minimum absolute atomic E-state index is 0. The topological polar surface area (TPSA) is 80.9 Å². The van der Waals surface area contributed by atoms with E-state index in [0.717, 1.165) is 0 Å². The van der Waals surface area contributed by atoms with Gasteiger partial charge in [-0.2, -0.15) is 0 Å². The van der Waals surface area contributed by atoms with Gasteiger partial charge in [0.05, 0.1) is 0 Å². The molecule has 0 fully saturated rings. The summed E-state index contributed by atoms with van der Waals surface area (Å²) >= 11 is 0. The van der Waals surface area contributed by atoms with Crippen LogP contribution in [0.15, 0.2) is 0 Å². The van der Waals surface area contributed by atoms with Gasteiger partial charge in [0.25, 0.3) is 0 Å². The van der Waals surface area contributed by atoms with E-state index in [-0.39, 0.29) is 122 Å². The molecular weight excluding hydrogens is 489 g/mol. The maximum absolute atomic E-state index is 8.06. The van der Waals surface area contributed by atoms with Crippen molar-refractivity contribution in [3.8, 4) is 0 Å². The predicted octanol–water partition coefficient (Wildman–Crippen LogP) is -10.4. The summed E-state index contributed by atoms with van der Waals surface area (Å²) in [6.07, 6.45) is -0.667. The molecule has 0 aliphatic heterocycles. The summed E-state index contributed by atoms with van der Waals surface area (Å²) in [7, 11) is 0. The Kier molecular flexibility index (Phi) is 165. The van der Waals surface area contributed by atoms with Crippen LogP contribution in [0, 0.1) is 0 Å². The summed E-state index contributed by atoms with van der Waals surface area (Å²) in [5.41, 5.74) is 0. The van der Waals surface area contributed by atoms with Gasteiger partial charge in [-0.15, -0.1) is 0 Å². The zero-order chi connectivity index (χ0) is 14.3. The van der Waals surface area contributed by atoms with Gasteiger partial charge >= 0.3 is 26.2 Å². The first-order valence-corrected chi connectivity index (χ1v) is 5.65. The molecular formula is C12H32Cl4O4TiZr. The minimum Gasteiger partial charge on any atom is -1.00 e. The van der Waals surface area contributed by atoms with Gasteiger partial charge in [0.1, 0.15) is 0 Å². The molecule has 4 nitrogen and oxygen atoms in total. The molecule has 0 aromatic carbocycles. The summed E-state index contributed by atoms with van der Waals surface area (Å²) in [6, 6.07) is 0. The summed E-state index contributed by atoms with van der Waals surface area (Å²) < 4.78 is 0. The van der Waals surface area contributed by atoms with E-state index in [2.05, 4.69) is 0 Å². The molecule has 0 aromatic heterocycles. The van der Waals surface area contributed by atoms with E-state index in [0.29, 0.717) is 0 Å². The van der Waals surface area contributed by atoms with Crippen molar-refractivity contribution in [3.05, 3.63) is 0 Å². The zero-order valence-electron chi connectivity index (χ0n) is 14.6. The van der Waals surface area contributed by atoms with E-state index >= 15 is 0 Å². The maximum atomic E-state index is 8.06. The second-order valence-electron chi connectivity index (χ2n) is 4.37. The van der Waals surface area contributed by atoms with Gasteiger partial charge < -0.3 is 70.1 Å². The number of hydrogen-bond acceptors (Lipinski definition) is 4. The Balaban J connectivity index is -0.00000001000. The number of rotatable bonds is 0. The molecule has 0 saturated carbocycles. The molecule has 0 heterocycles. The number of aliphatic hydroxyl groups is 4. The van der Waals surface area contributed by atoms with Gasteiger partial charge in [0, 0.05) is 46.1 Å². The summed E-state index contributed by atoms with van der Waals surface area (Å²) in [4.78, 5) is 0. The smallest absolute Gasteiger partial charge is 1.00 e. The average molecular weight is 521 g/mol. The zero-order valence-corrected chi connectivity index (χ0v) is 21.7. The van der Waals surface area contributed by atoms with E-state index in [1.54, 1.807) is 55.4 Å². The van der Waals surface area contributed by atoms with Crippen molar-refractivity contribution in [2.75, 3.05) is 0 Å². The van der Waals surface area contributed by atoms with E-state index in [1.807, 2.05) is 0 Å². The molecule has 0 radical (unpaired) electrons. The second kappa shape index (κ2) is 56.5. The third-order valence-corrected chi connectivity index (χ3v) is 0. The van der Waals surface area contributed by atoms with E-state index in [4.69, 9.17) is 20.4 Å². The van der Waals surface area contributed by atoms with Crippen LogP contribution in [0.3, 0.4) is 0 Å². The van der Waals surface area contributed by atoms with Crippen molar-refractivity contribution in [1.29, 1.82) is 0 Å². The van der Waals surface area contributed by atoms with Crippen molar-refractivity contribution in [3.63, 3.8) is 0 Å². The number of halogens is 4. The van der Waals surface area contributed by atoms with Crippen LogP contribution in [0.4, 0.5) is 0 Å². The van der Waals surface area contributed by atoms with Gasteiger partial charge in [0.2, 0.25) is 0 Å². The van der Waals surface area contributed by atoms with Gasteiger partial charge in [-0.25, -0.2) is 0 Å². The average Bonchev–Trinajstić information content (AvgIpc) is 1.76. The molecule has 22 heavy (non-hydrogen) atoms. The molecule has 0 spiro atoms. The first-order valence-electron chi connectivity index (χ1n) is 5.65. The number of hydrogen-bond donors (Lipinski definition) is 4. The maximum Gasteiger partial charge on any atom is 4.00 e. The van der Waals surface area contributed by atoms with Gasteiger partial charge in [-0.1, -0.05) is 0 Å². The Hall–Kier alpha value is 2.60. The quantitative estimate of drug-likeness (QED) is 0.239. The van der Waals surface area contributed by atoms with Crippen LogP contribution >= 0.6 is 0 Å². The van der Waals surface area contributed by atoms with Crippen LogP contribution in [0.1, 0.15) is 55.4 Å². The Morgan fingerprint density at radius 3 is 0.409 bits per heavy atom.